The zero-order chi connectivity index (χ0) is 17.0. The molecule has 0 aliphatic rings. The summed E-state index contributed by atoms with van der Waals surface area (Å²) >= 11 is 18.0. The molecule has 5 nitrogen and oxygen atoms in total. The maximum absolute atomic E-state index is 12.8. The summed E-state index contributed by atoms with van der Waals surface area (Å²) in [4.78, 5) is 12.8. The summed E-state index contributed by atoms with van der Waals surface area (Å²) < 4.78 is 10.7. The first-order valence-corrected chi connectivity index (χ1v) is 7.45. The van der Waals surface area contributed by atoms with Gasteiger partial charge in [0, 0.05) is 0 Å². The molecule has 1 heterocycles. The quantitative estimate of drug-likeness (QED) is 0.606. The van der Waals surface area contributed by atoms with E-state index in [-0.39, 0.29) is 32.0 Å². The molecule has 2 N–H and O–H groups in total. The van der Waals surface area contributed by atoms with Gasteiger partial charge in [0.2, 0.25) is 5.43 Å². The van der Waals surface area contributed by atoms with Crippen molar-refractivity contribution in [2.45, 2.75) is 6.92 Å². The molecule has 0 atom stereocenters. The standard InChI is InChI=1S/C15H9Cl3O5/c1-4-3-5(22-2)8(16)14-6(4)11(19)7-12(20)9(17)13(21)10(18)15(7)23-14/h3,20-21H,1-2H3. The van der Waals surface area contributed by atoms with Crippen molar-refractivity contribution in [2.75, 3.05) is 7.11 Å². The van der Waals surface area contributed by atoms with Crippen molar-refractivity contribution in [3.05, 3.63) is 36.9 Å². The summed E-state index contributed by atoms with van der Waals surface area (Å²) in [6, 6.07) is 1.58. The van der Waals surface area contributed by atoms with E-state index in [0.29, 0.717) is 11.3 Å². The van der Waals surface area contributed by atoms with Crippen LogP contribution in [-0.2, 0) is 0 Å². The van der Waals surface area contributed by atoms with Crippen molar-refractivity contribution >= 4 is 56.7 Å². The lowest BCUT2D eigenvalue weighted by molar-refractivity contribution is 0.414. The molecule has 0 fully saturated rings. The number of aryl methyl sites for hydroxylation is 1. The minimum Gasteiger partial charge on any atom is -0.505 e. The molecule has 0 bridgehead atoms. The molecule has 0 amide bonds. The highest BCUT2D eigenvalue weighted by Gasteiger charge is 2.24. The van der Waals surface area contributed by atoms with Crippen molar-refractivity contribution in [2.24, 2.45) is 0 Å². The fourth-order valence-electron chi connectivity index (χ4n) is 2.44. The van der Waals surface area contributed by atoms with Crippen LogP contribution >= 0.6 is 34.8 Å². The van der Waals surface area contributed by atoms with Gasteiger partial charge >= 0.3 is 0 Å². The molecule has 8 heteroatoms. The van der Waals surface area contributed by atoms with Crippen LogP contribution in [-0.4, -0.2) is 17.3 Å². The highest BCUT2D eigenvalue weighted by Crippen LogP contribution is 2.46. The maximum atomic E-state index is 12.8. The van der Waals surface area contributed by atoms with E-state index in [1.54, 1.807) is 13.0 Å². The molecule has 120 valence electrons. The van der Waals surface area contributed by atoms with E-state index in [1.165, 1.54) is 7.11 Å². The van der Waals surface area contributed by atoms with Crippen LogP contribution in [0.15, 0.2) is 15.3 Å². The third-order valence-electron chi connectivity index (χ3n) is 3.55. The van der Waals surface area contributed by atoms with Gasteiger partial charge in [0.1, 0.15) is 26.2 Å². The topological polar surface area (TPSA) is 79.9 Å². The van der Waals surface area contributed by atoms with E-state index >= 15 is 0 Å². The number of fused-ring (bicyclic) bond motifs is 2. The van der Waals surface area contributed by atoms with Gasteiger partial charge in [-0.25, -0.2) is 0 Å². The Balaban J connectivity index is 2.70. The van der Waals surface area contributed by atoms with Gasteiger partial charge in [-0.05, 0) is 18.6 Å². The number of halogens is 3. The second-order valence-electron chi connectivity index (χ2n) is 4.87. The van der Waals surface area contributed by atoms with Crippen LogP contribution in [0.25, 0.3) is 21.9 Å². The van der Waals surface area contributed by atoms with Crippen molar-refractivity contribution in [3.8, 4) is 17.2 Å². The molecular weight excluding hydrogens is 367 g/mol. The van der Waals surface area contributed by atoms with Gasteiger partial charge < -0.3 is 19.4 Å². The number of rotatable bonds is 1. The highest BCUT2D eigenvalue weighted by atomic mass is 35.5. The van der Waals surface area contributed by atoms with Crippen LogP contribution in [0.1, 0.15) is 5.56 Å². The number of hydrogen-bond acceptors (Lipinski definition) is 5. The van der Waals surface area contributed by atoms with E-state index in [4.69, 9.17) is 44.0 Å². The summed E-state index contributed by atoms with van der Waals surface area (Å²) in [7, 11) is 1.43. The Morgan fingerprint density at radius 2 is 1.61 bits per heavy atom. The number of phenols is 2. The van der Waals surface area contributed by atoms with Crippen molar-refractivity contribution in [3.63, 3.8) is 0 Å². The van der Waals surface area contributed by atoms with Crippen LogP contribution in [0.5, 0.6) is 17.2 Å². The van der Waals surface area contributed by atoms with Crippen molar-refractivity contribution < 1.29 is 19.4 Å². The number of aromatic hydroxyl groups is 2. The molecular formula is C15H9Cl3O5. The van der Waals surface area contributed by atoms with Crippen LogP contribution in [0.2, 0.25) is 15.1 Å². The van der Waals surface area contributed by atoms with Gasteiger partial charge in [0.25, 0.3) is 0 Å². The zero-order valence-electron chi connectivity index (χ0n) is 11.8. The molecule has 3 aromatic rings. The first kappa shape index (κ1) is 16.1. The highest BCUT2D eigenvalue weighted by molar-refractivity contribution is 6.42. The molecule has 0 saturated carbocycles. The molecule has 0 aliphatic heterocycles. The molecule has 3 rings (SSSR count). The van der Waals surface area contributed by atoms with Gasteiger partial charge in [-0.2, -0.15) is 0 Å². The Morgan fingerprint density at radius 3 is 2.22 bits per heavy atom. The van der Waals surface area contributed by atoms with Crippen LogP contribution in [0.4, 0.5) is 0 Å². The van der Waals surface area contributed by atoms with E-state index in [1.807, 2.05) is 0 Å². The summed E-state index contributed by atoms with van der Waals surface area (Å²) in [6.45, 7) is 1.67. The van der Waals surface area contributed by atoms with Crippen LogP contribution < -0.4 is 10.2 Å². The Labute approximate surface area is 144 Å². The van der Waals surface area contributed by atoms with Gasteiger partial charge in [0.05, 0.1) is 12.5 Å². The fraction of sp³-hybridized carbons (Fsp3) is 0.133. The summed E-state index contributed by atoms with van der Waals surface area (Å²) in [5.41, 5.74) is -0.191. The second kappa shape index (κ2) is 5.37. The first-order valence-electron chi connectivity index (χ1n) is 6.32. The van der Waals surface area contributed by atoms with Crippen LogP contribution in [0, 0.1) is 6.92 Å². The summed E-state index contributed by atoms with van der Waals surface area (Å²) in [6.07, 6.45) is 0. The number of phenolic OH excluding ortho intramolecular Hbond substituents is 2. The average molecular weight is 376 g/mol. The van der Waals surface area contributed by atoms with Gasteiger partial charge in [-0.3, -0.25) is 4.79 Å². The third-order valence-corrected chi connectivity index (χ3v) is 4.62. The number of benzene rings is 2. The van der Waals surface area contributed by atoms with Gasteiger partial charge in [-0.15, -0.1) is 0 Å². The van der Waals surface area contributed by atoms with E-state index in [0.717, 1.165) is 0 Å². The van der Waals surface area contributed by atoms with E-state index in [2.05, 4.69) is 0 Å². The first-order chi connectivity index (χ1) is 10.8. The minimum absolute atomic E-state index is 0.0454. The lowest BCUT2D eigenvalue weighted by atomic mass is 10.1. The monoisotopic (exact) mass is 374 g/mol. The fourth-order valence-corrected chi connectivity index (χ4v) is 3.17. The summed E-state index contributed by atoms with van der Waals surface area (Å²) in [5, 5.41) is 19.2. The lowest BCUT2D eigenvalue weighted by Crippen LogP contribution is -2.06. The van der Waals surface area contributed by atoms with E-state index in [9.17, 15) is 15.0 Å². The molecule has 23 heavy (non-hydrogen) atoms. The van der Waals surface area contributed by atoms with E-state index < -0.39 is 22.0 Å². The minimum atomic E-state index is -0.606. The summed E-state index contributed by atoms with van der Waals surface area (Å²) in [5.74, 6) is -0.875. The molecule has 2 aromatic carbocycles. The van der Waals surface area contributed by atoms with Gasteiger partial charge in [0.15, 0.2) is 22.7 Å². The number of methoxy groups -OCH3 is 1. The molecule has 1 aromatic heterocycles. The Kier molecular flexibility index (Phi) is 3.75. The largest absolute Gasteiger partial charge is 0.505 e. The number of ether oxygens (including phenoxy) is 1. The lowest BCUT2D eigenvalue weighted by Gasteiger charge is -2.12. The van der Waals surface area contributed by atoms with Gasteiger partial charge in [-0.1, -0.05) is 34.8 Å². The second-order valence-corrected chi connectivity index (χ2v) is 6.01. The Hall–Kier alpha value is -1.82. The number of hydrogen-bond donors (Lipinski definition) is 2. The predicted molar refractivity (Wildman–Crippen MR) is 89.6 cm³/mol. The average Bonchev–Trinajstić information content (AvgIpc) is 2.53. The predicted octanol–water partition coefficient (Wildman–Crippen LogP) is 4.63. The van der Waals surface area contributed by atoms with Crippen LogP contribution in [0.3, 0.4) is 0 Å². The maximum Gasteiger partial charge on any atom is 0.204 e. The normalized spacial score (nSPS) is 11.3. The third kappa shape index (κ3) is 2.11. The molecule has 0 saturated heterocycles. The smallest absolute Gasteiger partial charge is 0.204 e. The molecule has 0 aliphatic carbocycles. The molecule has 0 unspecified atom stereocenters. The Bertz CT molecular complexity index is 1040. The molecule has 0 radical (unpaired) electrons. The molecule has 0 spiro atoms. The zero-order valence-corrected chi connectivity index (χ0v) is 14.1. The SMILES string of the molecule is COc1cc(C)c2c(=O)c3c(O)c(Cl)c(O)c(Cl)c3oc2c1Cl. The Morgan fingerprint density at radius 1 is 1.00 bits per heavy atom. The van der Waals surface area contributed by atoms with Crippen molar-refractivity contribution in [1.29, 1.82) is 0 Å². The van der Waals surface area contributed by atoms with Crippen molar-refractivity contribution in [1.82, 2.24) is 0 Å².